The van der Waals surface area contributed by atoms with Crippen molar-refractivity contribution >= 4 is 11.5 Å². The van der Waals surface area contributed by atoms with Gasteiger partial charge in [-0.05, 0) is 30.4 Å². The maximum atomic E-state index is 12.0. The van der Waals surface area contributed by atoms with Crippen LogP contribution in [0, 0.1) is 0 Å². The molecular formula is C14H17NO. The lowest BCUT2D eigenvalue weighted by molar-refractivity contribution is -0.121. The summed E-state index contributed by atoms with van der Waals surface area (Å²) in [5.41, 5.74) is 3.89. The van der Waals surface area contributed by atoms with Crippen molar-refractivity contribution in [3.8, 4) is 0 Å². The first-order chi connectivity index (χ1) is 7.86. The van der Waals surface area contributed by atoms with Crippen LogP contribution >= 0.6 is 0 Å². The second-order valence-corrected chi connectivity index (χ2v) is 4.82. The number of fused-ring (bicyclic) bond motifs is 1. The highest BCUT2D eigenvalue weighted by Crippen LogP contribution is 2.37. The van der Waals surface area contributed by atoms with E-state index in [-0.39, 0.29) is 5.92 Å². The molecule has 0 spiro atoms. The van der Waals surface area contributed by atoms with Gasteiger partial charge in [-0.2, -0.15) is 0 Å². The third kappa shape index (κ3) is 1.53. The molecule has 2 nitrogen and oxygen atoms in total. The summed E-state index contributed by atoms with van der Waals surface area (Å²) in [4.78, 5) is 12.0. The number of benzene rings is 1. The Morgan fingerprint density at radius 3 is 3.00 bits per heavy atom. The minimum atomic E-state index is 0.161. The van der Waals surface area contributed by atoms with E-state index in [0.717, 1.165) is 32.2 Å². The van der Waals surface area contributed by atoms with Gasteiger partial charge in [-0.1, -0.05) is 24.6 Å². The van der Waals surface area contributed by atoms with Gasteiger partial charge in [0.05, 0.1) is 0 Å². The van der Waals surface area contributed by atoms with Crippen LogP contribution in [-0.4, -0.2) is 12.3 Å². The van der Waals surface area contributed by atoms with Crippen LogP contribution in [0.2, 0.25) is 0 Å². The van der Waals surface area contributed by atoms with E-state index in [9.17, 15) is 4.79 Å². The summed E-state index contributed by atoms with van der Waals surface area (Å²) in [5, 5.41) is 3.43. The summed E-state index contributed by atoms with van der Waals surface area (Å²) in [6.45, 7) is 1.02. The number of Topliss-reactive ketones (excluding diaryl/α,β-unsaturated/α-hetero) is 1. The fourth-order valence-corrected chi connectivity index (χ4v) is 2.97. The molecule has 16 heavy (non-hydrogen) atoms. The van der Waals surface area contributed by atoms with E-state index in [1.165, 1.54) is 23.2 Å². The van der Waals surface area contributed by atoms with E-state index in [2.05, 4.69) is 23.5 Å². The molecule has 3 rings (SSSR count). The maximum absolute atomic E-state index is 12.0. The normalized spacial score (nSPS) is 24.0. The van der Waals surface area contributed by atoms with Crippen molar-refractivity contribution < 1.29 is 4.79 Å². The molecule has 1 atom stereocenters. The zero-order valence-electron chi connectivity index (χ0n) is 9.46. The number of carbonyl (C=O) groups is 1. The molecule has 84 valence electrons. The van der Waals surface area contributed by atoms with Gasteiger partial charge in [-0.15, -0.1) is 0 Å². The van der Waals surface area contributed by atoms with Crippen molar-refractivity contribution in [1.29, 1.82) is 0 Å². The zero-order chi connectivity index (χ0) is 11.0. The fourth-order valence-electron chi connectivity index (χ4n) is 2.97. The smallest absolute Gasteiger partial charge is 0.140 e. The summed E-state index contributed by atoms with van der Waals surface area (Å²) >= 11 is 0. The number of carbonyl (C=O) groups excluding carboxylic acids is 1. The van der Waals surface area contributed by atoms with Crippen molar-refractivity contribution in [1.82, 2.24) is 0 Å². The number of ketones is 1. The van der Waals surface area contributed by atoms with Crippen LogP contribution < -0.4 is 5.32 Å². The van der Waals surface area contributed by atoms with Gasteiger partial charge in [-0.3, -0.25) is 4.79 Å². The van der Waals surface area contributed by atoms with Gasteiger partial charge in [0.25, 0.3) is 0 Å². The molecule has 1 aliphatic carbocycles. The van der Waals surface area contributed by atoms with E-state index in [0.29, 0.717) is 5.78 Å². The molecule has 0 aromatic heterocycles. The molecule has 1 aromatic carbocycles. The molecule has 0 unspecified atom stereocenters. The SMILES string of the molecule is O=C1CCCC[C@H]1c1cccc2c1NCC2. The molecule has 2 heteroatoms. The largest absolute Gasteiger partial charge is 0.384 e. The summed E-state index contributed by atoms with van der Waals surface area (Å²) in [7, 11) is 0. The molecule has 0 amide bonds. The van der Waals surface area contributed by atoms with Crippen molar-refractivity contribution in [2.24, 2.45) is 0 Å². The number of anilines is 1. The van der Waals surface area contributed by atoms with Gasteiger partial charge >= 0.3 is 0 Å². The van der Waals surface area contributed by atoms with E-state index < -0.39 is 0 Å². The average Bonchev–Trinajstić information content (AvgIpc) is 2.77. The Kier molecular flexibility index (Phi) is 2.43. The highest BCUT2D eigenvalue weighted by atomic mass is 16.1. The third-order valence-corrected chi connectivity index (χ3v) is 3.81. The Hall–Kier alpha value is -1.31. The van der Waals surface area contributed by atoms with Crippen LogP contribution in [0.25, 0.3) is 0 Å². The highest BCUT2D eigenvalue weighted by molar-refractivity contribution is 5.88. The average molecular weight is 215 g/mol. The van der Waals surface area contributed by atoms with Crippen LogP contribution in [0.15, 0.2) is 18.2 Å². The van der Waals surface area contributed by atoms with Gasteiger partial charge in [0.15, 0.2) is 0 Å². The molecule has 1 aliphatic heterocycles. The monoisotopic (exact) mass is 215 g/mol. The molecule has 0 bridgehead atoms. The molecule has 1 fully saturated rings. The molecular weight excluding hydrogens is 198 g/mol. The van der Waals surface area contributed by atoms with Gasteiger partial charge < -0.3 is 5.32 Å². The van der Waals surface area contributed by atoms with Crippen molar-refractivity contribution in [3.63, 3.8) is 0 Å². The van der Waals surface area contributed by atoms with Crippen LogP contribution in [0.4, 0.5) is 5.69 Å². The van der Waals surface area contributed by atoms with E-state index in [1.807, 2.05) is 0 Å². The number of hydrogen-bond acceptors (Lipinski definition) is 2. The standard InChI is InChI=1S/C14H17NO/c16-13-7-2-1-5-11(13)12-6-3-4-10-8-9-15-14(10)12/h3-4,6,11,15H,1-2,5,7-9H2/t11-/m0/s1. The van der Waals surface area contributed by atoms with Crippen LogP contribution in [-0.2, 0) is 11.2 Å². The Labute approximate surface area is 96.1 Å². The molecule has 1 aromatic rings. The van der Waals surface area contributed by atoms with Crippen molar-refractivity contribution in [3.05, 3.63) is 29.3 Å². The van der Waals surface area contributed by atoms with E-state index in [1.54, 1.807) is 0 Å². The van der Waals surface area contributed by atoms with Crippen molar-refractivity contribution in [2.75, 3.05) is 11.9 Å². The predicted octanol–water partition coefficient (Wildman–Crippen LogP) is 2.88. The topological polar surface area (TPSA) is 29.1 Å². The summed E-state index contributed by atoms with van der Waals surface area (Å²) in [6.07, 6.45) is 5.19. The molecule has 1 N–H and O–H groups in total. The summed E-state index contributed by atoms with van der Waals surface area (Å²) in [5.74, 6) is 0.600. The minimum Gasteiger partial charge on any atom is -0.384 e. The molecule has 1 heterocycles. The second kappa shape index (κ2) is 3.93. The maximum Gasteiger partial charge on any atom is 0.140 e. The first-order valence-corrected chi connectivity index (χ1v) is 6.24. The third-order valence-electron chi connectivity index (χ3n) is 3.81. The fraction of sp³-hybridized carbons (Fsp3) is 0.500. The summed E-state index contributed by atoms with van der Waals surface area (Å²) < 4.78 is 0. The number of rotatable bonds is 1. The Bertz CT molecular complexity index is 425. The predicted molar refractivity (Wildman–Crippen MR) is 64.9 cm³/mol. The van der Waals surface area contributed by atoms with Crippen LogP contribution in [0.1, 0.15) is 42.7 Å². The second-order valence-electron chi connectivity index (χ2n) is 4.82. The Morgan fingerprint density at radius 1 is 1.19 bits per heavy atom. The van der Waals surface area contributed by atoms with Gasteiger partial charge in [-0.25, -0.2) is 0 Å². The van der Waals surface area contributed by atoms with Crippen LogP contribution in [0.3, 0.4) is 0 Å². The quantitative estimate of drug-likeness (QED) is 0.780. The lowest BCUT2D eigenvalue weighted by atomic mass is 9.82. The van der Waals surface area contributed by atoms with Crippen LogP contribution in [0.5, 0.6) is 0 Å². The Balaban J connectivity index is 1.99. The van der Waals surface area contributed by atoms with E-state index in [4.69, 9.17) is 0 Å². The van der Waals surface area contributed by atoms with Gasteiger partial charge in [0, 0.05) is 24.6 Å². The van der Waals surface area contributed by atoms with Gasteiger partial charge in [0.2, 0.25) is 0 Å². The molecule has 2 aliphatic rings. The number of para-hydroxylation sites is 1. The van der Waals surface area contributed by atoms with Crippen molar-refractivity contribution in [2.45, 2.75) is 38.0 Å². The van der Waals surface area contributed by atoms with Gasteiger partial charge in [0.1, 0.15) is 5.78 Å². The first-order valence-electron chi connectivity index (χ1n) is 6.24. The molecule has 0 radical (unpaired) electrons. The highest BCUT2D eigenvalue weighted by Gasteiger charge is 2.27. The molecule has 0 saturated heterocycles. The number of hydrogen-bond donors (Lipinski definition) is 1. The first kappa shape index (κ1) is 9.88. The lowest BCUT2D eigenvalue weighted by Crippen LogP contribution is -2.18. The number of nitrogens with one attached hydrogen (secondary N) is 1. The van der Waals surface area contributed by atoms with E-state index >= 15 is 0 Å². The summed E-state index contributed by atoms with van der Waals surface area (Å²) in [6, 6.07) is 6.40. The minimum absolute atomic E-state index is 0.161. The zero-order valence-corrected chi connectivity index (χ0v) is 9.46. The lowest BCUT2D eigenvalue weighted by Gasteiger charge is -2.23. The Morgan fingerprint density at radius 2 is 2.12 bits per heavy atom. The molecule has 1 saturated carbocycles.